The van der Waals surface area contributed by atoms with E-state index in [2.05, 4.69) is 31.2 Å². The SMILES string of the molecule is CCOc1ccc(NC(=O)c2cncc(Br)c2)cn1. The lowest BCUT2D eigenvalue weighted by Gasteiger charge is -2.06. The van der Waals surface area contributed by atoms with Crippen molar-refractivity contribution in [3.63, 3.8) is 0 Å². The molecule has 0 saturated carbocycles. The minimum atomic E-state index is -0.236. The van der Waals surface area contributed by atoms with Gasteiger partial charge in [0.2, 0.25) is 5.88 Å². The molecule has 0 atom stereocenters. The van der Waals surface area contributed by atoms with Crippen LogP contribution >= 0.6 is 15.9 Å². The standard InChI is InChI=1S/C13H12BrN3O2/c1-2-19-12-4-3-11(8-16-12)17-13(18)9-5-10(14)7-15-6-9/h3-8H,2H2,1H3,(H,17,18). The average molecular weight is 322 g/mol. The van der Waals surface area contributed by atoms with Crippen LogP contribution in [0.15, 0.2) is 41.3 Å². The molecule has 0 aliphatic carbocycles. The van der Waals surface area contributed by atoms with Crippen molar-refractivity contribution in [1.82, 2.24) is 9.97 Å². The number of carbonyl (C=O) groups excluding carboxylic acids is 1. The smallest absolute Gasteiger partial charge is 0.257 e. The molecule has 98 valence electrons. The van der Waals surface area contributed by atoms with Gasteiger partial charge in [-0.3, -0.25) is 9.78 Å². The lowest BCUT2D eigenvalue weighted by Crippen LogP contribution is -2.12. The normalized spacial score (nSPS) is 10.0. The number of anilines is 1. The quantitative estimate of drug-likeness (QED) is 0.940. The Morgan fingerprint density at radius 1 is 1.37 bits per heavy atom. The van der Waals surface area contributed by atoms with Gasteiger partial charge in [0.05, 0.1) is 24.1 Å². The van der Waals surface area contributed by atoms with Crippen molar-refractivity contribution >= 4 is 27.5 Å². The van der Waals surface area contributed by atoms with E-state index in [-0.39, 0.29) is 5.91 Å². The largest absolute Gasteiger partial charge is 0.478 e. The van der Waals surface area contributed by atoms with Crippen LogP contribution < -0.4 is 10.1 Å². The topological polar surface area (TPSA) is 64.1 Å². The van der Waals surface area contributed by atoms with E-state index in [0.29, 0.717) is 23.7 Å². The van der Waals surface area contributed by atoms with E-state index in [0.717, 1.165) is 4.47 Å². The van der Waals surface area contributed by atoms with Gasteiger partial charge in [-0.1, -0.05) is 0 Å². The fraction of sp³-hybridized carbons (Fsp3) is 0.154. The van der Waals surface area contributed by atoms with Gasteiger partial charge in [-0.15, -0.1) is 0 Å². The van der Waals surface area contributed by atoms with Crippen molar-refractivity contribution < 1.29 is 9.53 Å². The maximum absolute atomic E-state index is 11.9. The first-order valence-corrected chi connectivity index (χ1v) is 6.49. The van der Waals surface area contributed by atoms with Gasteiger partial charge in [-0.2, -0.15) is 0 Å². The van der Waals surface area contributed by atoms with E-state index in [1.165, 1.54) is 6.20 Å². The van der Waals surface area contributed by atoms with Gasteiger partial charge < -0.3 is 10.1 Å². The molecular weight excluding hydrogens is 310 g/mol. The molecule has 0 aliphatic rings. The van der Waals surface area contributed by atoms with Gasteiger partial charge >= 0.3 is 0 Å². The summed E-state index contributed by atoms with van der Waals surface area (Å²) in [5, 5.41) is 2.74. The molecule has 1 amide bonds. The third-order valence-electron chi connectivity index (χ3n) is 2.25. The number of nitrogens with one attached hydrogen (secondary N) is 1. The molecule has 0 aliphatic heterocycles. The summed E-state index contributed by atoms with van der Waals surface area (Å²) in [6.07, 6.45) is 4.67. The predicted molar refractivity (Wildman–Crippen MR) is 75.3 cm³/mol. The zero-order valence-electron chi connectivity index (χ0n) is 10.3. The maximum Gasteiger partial charge on any atom is 0.257 e. The van der Waals surface area contributed by atoms with Crippen LogP contribution in [0.4, 0.5) is 5.69 Å². The van der Waals surface area contributed by atoms with Crippen LogP contribution in [-0.2, 0) is 0 Å². The number of hydrogen-bond donors (Lipinski definition) is 1. The average Bonchev–Trinajstić information content (AvgIpc) is 2.41. The summed E-state index contributed by atoms with van der Waals surface area (Å²) in [7, 11) is 0. The number of amides is 1. The summed E-state index contributed by atoms with van der Waals surface area (Å²) >= 11 is 3.27. The lowest BCUT2D eigenvalue weighted by molar-refractivity contribution is 0.102. The van der Waals surface area contributed by atoms with Crippen LogP contribution in [0.5, 0.6) is 5.88 Å². The van der Waals surface area contributed by atoms with Crippen LogP contribution in [0.1, 0.15) is 17.3 Å². The zero-order chi connectivity index (χ0) is 13.7. The van der Waals surface area contributed by atoms with Crippen molar-refractivity contribution in [1.29, 1.82) is 0 Å². The number of pyridine rings is 2. The van der Waals surface area contributed by atoms with Crippen LogP contribution in [0.3, 0.4) is 0 Å². The highest BCUT2D eigenvalue weighted by Gasteiger charge is 2.07. The Morgan fingerprint density at radius 2 is 2.21 bits per heavy atom. The predicted octanol–water partition coefficient (Wildman–Crippen LogP) is 2.89. The summed E-state index contributed by atoms with van der Waals surface area (Å²) in [6, 6.07) is 5.14. The molecule has 1 N–H and O–H groups in total. The van der Waals surface area contributed by atoms with Crippen molar-refractivity contribution in [3.05, 3.63) is 46.8 Å². The van der Waals surface area contributed by atoms with Crippen molar-refractivity contribution in [2.45, 2.75) is 6.92 Å². The molecule has 0 fully saturated rings. The number of carbonyl (C=O) groups is 1. The molecular formula is C13H12BrN3O2. The van der Waals surface area contributed by atoms with Gasteiger partial charge in [0.1, 0.15) is 0 Å². The fourth-order valence-electron chi connectivity index (χ4n) is 1.43. The second kappa shape index (κ2) is 6.29. The first-order chi connectivity index (χ1) is 9.19. The monoisotopic (exact) mass is 321 g/mol. The molecule has 0 bridgehead atoms. The number of hydrogen-bond acceptors (Lipinski definition) is 4. The van der Waals surface area contributed by atoms with E-state index < -0.39 is 0 Å². The van der Waals surface area contributed by atoms with E-state index >= 15 is 0 Å². The molecule has 2 heterocycles. The molecule has 2 aromatic rings. The molecule has 19 heavy (non-hydrogen) atoms. The van der Waals surface area contributed by atoms with Crippen LogP contribution in [0, 0.1) is 0 Å². The van der Waals surface area contributed by atoms with Crippen LogP contribution in [0.2, 0.25) is 0 Å². The third kappa shape index (κ3) is 3.75. The molecule has 6 heteroatoms. The van der Waals surface area contributed by atoms with Crippen molar-refractivity contribution in [3.8, 4) is 5.88 Å². The number of ether oxygens (including phenoxy) is 1. The Balaban J connectivity index is 2.06. The van der Waals surface area contributed by atoms with E-state index in [9.17, 15) is 4.79 Å². The van der Waals surface area contributed by atoms with Crippen molar-refractivity contribution in [2.75, 3.05) is 11.9 Å². The number of halogens is 1. The Bertz CT molecular complexity index is 572. The maximum atomic E-state index is 11.9. The number of aromatic nitrogens is 2. The number of nitrogens with zero attached hydrogens (tertiary/aromatic N) is 2. The second-order valence-corrected chi connectivity index (χ2v) is 4.58. The summed E-state index contributed by atoms with van der Waals surface area (Å²) in [5.74, 6) is 0.296. The minimum Gasteiger partial charge on any atom is -0.478 e. The number of rotatable bonds is 4. The Hall–Kier alpha value is -1.95. The first-order valence-electron chi connectivity index (χ1n) is 5.70. The zero-order valence-corrected chi connectivity index (χ0v) is 11.8. The van der Waals surface area contributed by atoms with Crippen LogP contribution in [-0.4, -0.2) is 22.5 Å². The fourth-order valence-corrected chi connectivity index (χ4v) is 1.79. The van der Waals surface area contributed by atoms with Gasteiger partial charge in [0.25, 0.3) is 5.91 Å². The molecule has 0 radical (unpaired) electrons. The van der Waals surface area contributed by atoms with Gasteiger partial charge in [-0.05, 0) is 35.0 Å². The molecule has 2 rings (SSSR count). The van der Waals surface area contributed by atoms with Gasteiger partial charge in [0.15, 0.2) is 0 Å². The molecule has 5 nitrogen and oxygen atoms in total. The van der Waals surface area contributed by atoms with E-state index in [1.54, 1.807) is 30.6 Å². The molecule has 2 aromatic heterocycles. The van der Waals surface area contributed by atoms with Gasteiger partial charge in [-0.25, -0.2) is 4.98 Å². The highest BCUT2D eigenvalue weighted by molar-refractivity contribution is 9.10. The van der Waals surface area contributed by atoms with Gasteiger partial charge in [0, 0.05) is 22.9 Å². The first kappa shape index (κ1) is 13.5. The minimum absolute atomic E-state index is 0.236. The summed E-state index contributed by atoms with van der Waals surface area (Å²) in [4.78, 5) is 20.0. The highest BCUT2D eigenvalue weighted by atomic mass is 79.9. The summed E-state index contributed by atoms with van der Waals surface area (Å²) in [6.45, 7) is 2.44. The molecule has 0 spiro atoms. The van der Waals surface area contributed by atoms with Crippen molar-refractivity contribution in [2.24, 2.45) is 0 Å². The Morgan fingerprint density at radius 3 is 2.84 bits per heavy atom. The molecule has 0 unspecified atom stereocenters. The van der Waals surface area contributed by atoms with Crippen LogP contribution in [0.25, 0.3) is 0 Å². The Kier molecular flexibility index (Phi) is 4.46. The second-order valence-electron chi connectivity index (χ2n) is 3.66. The molecule has 0 aromatic carbocycles. The summed E-state index contributed by atoms with van der Waals surface area (Å²) < 4.78 is 5.98. The van der Waals surface area contributed by atoms with E-state index in [4.69, 9.17) is 4.74 Å². The Labute approximate surface area is 119 Å². The molecule has 0 saturated heterocycles. The summed E-state index contributed by atoms with van der Waals surface area (Å²) in [5.41, 5.74) is 1.08. The lowest BCUT2D eigenvalue weighted by atomic mass is 10.2. The highest BCUT2D eigenvalue weighted by Crippen LogP contribution is 2.14. The third-order valence-corrected chi connectivity index (χ3v) is 2.69. The van der Waals surface area contributed by atoms with E-state index in [1.807, 2.05) is 6.92 Å².